The zero-order chi connectivity index (χ0) is 12.5. The van der Waals surface area contributed by atoms with Gasteiger partial charge in [-0.15, -0.1) is 0 Å². The highest BCUT2D eigenvalue weighted by Crippen LogP contribution is 2.23. The molecule has 1 saturated heterocycles. The standard InChI is InChI=1S/C13H16FN3O/c1-17-12-3-2-10(6-9(12)7-16-17)18-13-4-5-15-8-11(13)14/h2-3,6-7,11,13,15H,4-5,8H2,1H3/t11-,13-/m0/s1. The van der Waals surface area contributed by atoms with Gasteiger partial charge in [0, 0.05) is 19.0 Å². The molecule has 2 atom stereocenters. The van der Waals surface area contributed by atoms with Gasteiger partial charge in [-0.1, -0.05) is 0 Å². The quantitative estimate of drug-likeness (QED) is 0.879. The van der Waals surface area contributed by atoms with Crippen molar-refractivity contribution in [2.75, 3.05) is 13.1 Å². The molecule has 2 heterocycles. The minimum Gasteiger partial charge on any atom is -0.487 e. The maximum absolute atomic E-state index is 13.6. The fourth-order valence-corrected chi connectivity index (χ4v) is 2.32. The van der Waals surface area contributed by atoms with Crippen LogP contribution in [0.4, 0.5) is 4.39 Å². The monoisotopic (exact) mass is 249 g/mol. The highest BCUT2D eigenvalue weighted by Gasteiger charge is 2.26. The van der Waals surface area contributed by atoms with E-state index in [9.17, 15) is 4.39 Å². The van der Waals surface area contributed by atoms with Crippen molar-refractivity contribution in [1.29, 1.82) is 0 Å². The van der Waals surface area contributed by atoms with Gasteiger partial charge in [0.2, 0.25) is 0 Å². The molecule has 0 radical (unpaired) electrons. The largest absolute Gasteiger partial charge is 0.487 e. The molecule has 4 nitrogen and oxygen atoms in total. The molecule has 1 N–H and O–H groups in total. The summed E-state index contributed by atoms with van der Waals surface area (Å²) >= 11 is 0. The number of nitrogens with one attached hydrogen (secondary N) is 1. The SMILES string of the molecule is Cn1ncc2cc(O[C@H]3CCNC[C@@H]3F)ccc21. The Morgan fingerprint density at radius 2 is 2.39 bits per heavy atom. The normalized spacial score (nSPS) is 24.3. The van der Waals surface area contributed by atoms with E-state index in [1.54, 1.807) is 6.20 Å². The van der Waals surface area contributed by atoms with Crippen molar-refractivity contribution < 1.29 is 9.13 Å². The second-order valence-corrected chi connectivity index (χ2v) is 4.65. The van der Waals surface area contributed by atoms with E-state index in [-0.39, 0.29) is 6.10 Å². The van der Waals surface area contributed by atoms with E-state index < -0.39 is 6.17 Å². The Kier molecular flexibility index (Phi) is 2.91. The molecule has 1 aliphatic rings. The predicted octanol–water partition coefficient (Wildman–Crippen LogP) is 1.65. The Balaban J connectivity index is 1.81. The van der Waals surface area contributed by atoms with Gasteiger partial charge in [0.05, 0.1) is 11.7 Å². The summed E-state index contributed by atoms with van der Waals surface area (Å²) in [6.07, 6.45) is 1.20. The maximum atomic E-state index is 13.6. The van der Waals surface area contributed by atoms with Crippen LogP contribution >= 0.6 is 0 Å². The second-order valence-electron chi connectivity index (χ2n) is 4.65. The Bertz CT molecular complexity index is 554. The lowest BCUT2D eigenvalue weighted by Gasteiger charge is -2.27. The molecule has 1 fully saturated rings. The van der Waals surface area contributed by atoms with Crippen molar-refractivity contribution in [2.45, 2.75) is 18.7 Å². The van der Waals surface area contributed by atoms with Gasteiger partial charge in [-0.25, -0.2) is 4.39 Å². The molecule has 96 valence electrons. The molecular formula is C13H16FN3O. The average molecular weight is 249 g/mol. The summed E-state index contributed by atoms with van der Waals surface area (Å²) in [5.41, 5.74) is 1.05. The van der Waals surface area contributed by atoms with Crippen LogP contribution in [0.1, 0.15) is 6.42 Å². The van der Waals surface area contributed by atoms with Crippen LogP contribution in [0, 0.1) is 0 Å². The van der Waals surface area contributed by atoms with Crippen LogP contribution in [0.15, 0.2) is 24.4 Å². The molecule has 1 aromatic heterocycles. The van der Waals surface area contributed by atoms with Crippen LogP contribution in [0.5, 0.6) is 5.75 Å². The average Bonchev–Trinajstić information content (AvgIpc) is 2.74. The summed E-state index contributed by atoms with van der Waals surface area (Å²) < 4.78 is 21.2. The molecule has 5 heteroatoms. The van der Waals surface area contributed by atoms with Gasteiger partial charge in [0.25, 0.3) is 0 Å². The first-order chi connectivity index (χ1) is 8.74. The predicted molar refractivity (Wildman–Crippen MR) is 67.5 cm³/mol. The van der Waals surface area contributed by atoms with Crippen molar-refractivity contribution in [3.63, 3.8) is 0 Å². The fourth-order valence-electron chi connectivity index (χ4n) is 2.32. The number of ether oxygens (including phenoxy) is 1. The Morgan fingerprint density at radius 1 is 1.50 bits per heavy atom. The number of benzene rings is 1. The van der Waals surface area contributed by atoms with Gasteiger partial charge in [-0.2, -0.15) is 5.10 Å². The zero-order valence-corrected chi connectivity index (χ0v) is 10.3. The van der Waals surface area contributed by atoms with Gasteiger partial charge in [0.15, 0.2) is 0 Å². The Labute approximate surface area is 105 Å². The third-order valence-electron chi connectivity index (χ3n) is 3.35. The third kappa shape index (κ3) is 2.06. The number of alkyl halides is 1. The molecule has 2 aromatic rings. The van der Waals surface area contributed by atoms with E-state index in [0.717, 1.165) is 17.4 Å². The summed E-state index contributed by atoms with van der Waals surface area (Å²) in [4.78, 5) is 0. The molecule has 0 spiro atoms. The Morgan fingerprint density at radius 3 is 3.22 bits per heavy atom. The summed E-state index contributed by atoms with van der Waals surface area (Å²) in [6, 6.07) is 5.74. The van der Waals surface area contributed by atoms with E-state index in [0.29, 0.717) is 18.7 Å². The number of hydrogen-bond acceptors (Lipinski definition) is 3. The second kappa shape index (κ2) is 4.57. The zero-order valence-electron chi connectivity index (χ0n) is 10.3. The van der Waals surface area contributed by atoms with Gasteiger partial charge >= 0.3 is 0 Å². The number of halogens is 1. The molecule has 0 aliphatic carbocycles. The van der Waals surface area contributed by atoms with Crippen molar-refractivity contribution in [3.05, 3.63) is 24.4 Å². The minimum atomic E-state index is -0.941. The summed E-state index contributed by atoms with van der Waals surface area (Å²) in [7, 11) is 1.90. The molecule has 0 unspecified atom stereocenters. The van der Waals surface area contributed by atoms with E-state index in [1.165, 1.54) is 0 Å². The topological polar surface area (TPSA) is 39.1 Å². The molecule has 1 aliphatic heterocycles. The lowest BCUT2D eigenvalue weighted by Crippen LogP contribution is -2.44. The molecule has 0 saturated carbocycles. The molecular weight excluding hydrogens is 233 g/mol. The maximum Gasteiger partial charge on any atom is 0.149 e. The minimum absolute atomic E-state index is 0.347. The lowest BCUT2D eigenvalue weighted by molar-refractivity contribution is 0.0733. The van der Waals surface area contributed by atoms with Gasteiger partial charge in [-0.05, 0) is 31.2 Å². The van der Waals surface area contributed by atoms with Gasteiger partial charge < -0.3 is 10.1 Å². The smallest absolute Gasteiger partial charge is 0.149 e. The Hall–Kier alpha value is -1.62. The van der Waals surface area contributed by atoms with Crippen LogP contribution < -0.4 is 10.1 Å². The molecule has 0 amide bonds. The molecule has 0 bridgehead atoms. The lowest BCUT2D eigenvalue weighted by atomic mass is 10.1. The molecule has 1 aromatic carbocycles. The highest BCUT2D eigenvalue weighted by atomic mass is 19.1. The van der Waals surface area contributed by atoms with Crippen LogP contribution in [0.2, 0.25) is 0 Å². The number of hydrogen-bond donors (Lipinski definition) is 1. The van der Waals surface area contributed by atoms with Crippen LogP contribution in [-0.4, -0.2) is 35.1 Å². The van der Waals surface area contributed by atoms with Crippen LogP contribution in [0.3, 0.4) is 0 Å². The first-order valence-electron chi connectivity index (χ1n) is 6.17. The number of aromatic nitrogens is 2. The fraction of sp³-hybridized carbons (Fsp3) is 0.462. The number of piperidine rings is 1. The van der Waals surface area contributed by atoms with E-state index in [1.807, 2.05) is 29.9 Å². The van der Waals surface area contributed by atoms with Crippen LogP contribution in [-0.2, 0) is 7.05 Å². The number of aryl methyl sites for hydroxylation is 1. The van der Waals surface area contributed by atoms with Crippen molar-refractivity contribution in [3.8, 4) is 5.75 Å². The number of fused-ring (bicyclic) bond motifs is 1. The molecule has 3 rings (SSSR count). The van der Waals surface area contributed by atoms with Crippen molar-refractivity contribution >= 4 is 10.9 Å². The molecule has 18 heavy (non-hydrogen) atoms. The number of rotatable bonds is 2. The van der Waals surface area contributed by atoms with E-state index >= 15 is 0 Å². The summed E-state index contributed by atoms with van der Waals surface area (Å²) in [5, 5.41) is 8.20. The van der Waals surface area contributed by atoms with Crippen molar-refractivity contribution in [1.82, 2.24) is 15.1 Å². The highest BCUT2D eigenvalue weighted by molar-refractivity contribution is 5.80. The van der Waals surface area contributed by atoms with Gasteiger partial charge in [0.1, 0.15) is 18.0 Å². The van der Waals surface area contributed by atoms with Crippen molar-refractivity contribution in [2.24, 2.45) is 7.05 Å². The third-order valence-corrected chi connectivity index (χ3v) is 3.35. The first-order valence-corrected chi connectivity index (χ1v) is 6.17. The number of nitrogens with zero attached hydrogens (tertiary/aromatic N) is 2. The van der Waals surface area contributed by atoms with E-state index in [4.69, 9.17) is 4.74 Å². The van der Waals surface area contributed by atoms with Crippen LogP contribution in [0.25, 0.3) is 10.9 Å². The summed E-state index contributed by atoms with van der Waals surface area (Å²) in [6.45, 7) is 1.18. The summed E-state index contributed by atoms with van der Waals surface area (Å²) in [5.74, 6) is 0.713. The first kappa shape index (κ1) is 11.5. The van der Waals surface area contributed by atoms with E-state index in [2.05, 4.69) is 10.4 Å². The van der Waals surface area contributed by atoms with Gasteiger partial charge in [-0.3, -0.25) is 4.68 Å².